The molecule has 184 valence electrons. The van der Waals surface area contributed by atoms with Gasteiger partial charge in [0.05, 0.1) is 29.4 Å². The van der Waals surface area contributed by atoms with Crippen molar-refractivity contribution in [1.29, 1.82) is 0 Å². The van der Waals surface area contributed by atoms with Crippen LogP contribution in [0.2, 0.25) is 0 Å². The topological polar surface area (TPSA) is 56.5 Å². The number of fused-ring (bicyclic) bond motifs is 2. The summed E-state index contributed by atoms with van der Waals surface area (Å²) in [6.45, 7) is 7.09. The third kappa shape index (κ3) is 3.47. The Bertz CT molecular complexity index is 1440. The van der Waals surface area contributed by atoms with Crippen LogP contribution in [-0.4, -0.2) is 29.7 Å². The number of hydrogen-bond acceptors (Lipinski definition) is 6. The van der Waals surface area contributed by atoms with Gasteiger partial charge in [0.15, 0.2) is 0 Å². The normalized spacial score (nSPS) is 29.3. The molecule has 4 aromatic rings. The summed E-state index contributed by atoms with van der Waals surface area (Å²) < 4.78 is 23.2. The number of aromatic nitrogens is 1. The fourth-order valence-corrected chi connectivity index (χ4v) is 7.88. The molecular weight excluding hydrogens is 467 g/mol. The van der Waals surface area contributed by atoms with E-state index in [1.54, 1.807) is 11.9 Å². The molecule has 5 nitrogen and oxygen atoms in total. The van der Waals surface area contributed by atoms with Gasteiger partial charge in [-0.1, -0.05) is 50.2 Å². The Kier molecular flexibility index (Phi) is 5.30. The summed E-state index contributed by atoms with van der Waals surface area (Å²) in [6, 6.07) is 18.6. The Morgan fingerprint density at radius 1 is 1.08 bits per heavy atom. The maximum Gasteiger partial charge on any atom is 0.477 e. The molecule has 36 heavy (non-hydrogen) atoms. The number of furan rings is 1. The van der Waals surface area contributed by atoms with Crippen LogP contribution >= 0.6 is 11.9 Å². The van der Waals surface area contributed by atoms with Gasteiger partial charge >= 0.3 is 7.12 Å². The average molecular weight is 498 g/mol. The van der Waals surface area contributed by atoms with E-state index in [1.165, 1.54) is 6.42 Å². The molecule has 3 aliphatic carbocycles. The van der Waals surface area contributed by atoms with E-state index in [4.69, 9.17) is 13.7 Å². The van der Waals surface area contributed by atoms with E-state index in [1.807, 2.05) is 30.7 Å². The molecular formula is C29H31BN2O3S. The monoisotopic (exact) mass is 498 g/mol. The SMILES string of the molecule is CC1(C)C2C[C@H]1C[C@H]1OB(C(Cc3coc4ccccc34)NSc3cccc4cccnc34)O[C@@]21C. The fourth-order valence-electron chi connectivity index (χ4n) is 6.99. The molecule has 1 saturated heterocycles. The predicted octanol–water partition coefficient (Wildman–Crippen LogP) is 6.46. The van der Waals surface area contributed by atoms with Gasteiger partial charge in [0, 0.05) is 21.9 Å². The predicted molar refractivity (Wildman–Crippen MR) is 145 cm³/mol. The summed E-state index contributed by atoms with van der Waals surface area (Å²) in [5.41, 5.74) is 3.15. The number of benzene rings is 2. The smallest absolute Gasteiger partial charge is 0.464 e. The van der Waals surface area contributed by atoms with Crippen LogP contribution in [0.4, 0.5) is 0 Å². The molecule has 2 bridgehead atoms. The molecule has 0 spiro atoms. The highest BCUT2D eigenvalue weighted by atomic mass is 32.2. The highest BCUT2D eigenvalue weighted by Gasteiger charge is 2.68. The van der Waals surface area contributed by atoms with E-state index in [0.29, 0.717) is 11.3 Å². The van der Waals surface area contributed by atoms with Crippen LogP contribution in [0.15, 0.2) is 76.4 Å². The lowest BCUT2D eigenvalue weighted by Crippen LogP contribution is -2.65. The average Bonchev–Trinajstić information content (AvgIpc) is 3.46. The second kappa shape index (κ2) is 8.35. The van der Waals surface area contributed by atoms with E-state index in [2.05, 4.69) is 66.9 Å². The molecule has 4 fully saturated rings. The first-order valence-corrected chi connectivity index (χ1v) is 13.8. The minimum atomic E-state index is -0.334. The van der Waals surface area contributed by atoms with Crippen molar-refractivity contribution in [3.8, 4) is 0 Å². The van der Waals surface area contributed by atoms with Crippen molar-refractivity contribution in [2.75, 3.05) is 0 Å². The summed E-state index contributed by atoms with van der Waals surface area (Å²) in [7, 11) is -0.334. The first kappa shape index (κ1) is 22.8. The molecule has 3 heterocycles. The Hall–Kier alpha value is -2.32. The summed E-state index contributed by atoms with van der Waals surface area (Å²) in [6.07, 6.45) is 6.95. The number of hydrogen-bond donors (Lipinski definition) is 1. The van der Waals surface area contributed by atoms with E-state index < -0.39 is 0 Å². The Morgan fingerprint density at radius 2 is 1.94 bits per heavy atom. The lowest BCUT2D eigenvalue weighted by molar-refractivity contribution is -0.199. The molecule has 2 aromatic carbocycles. The Labute approximate surface area is 216 Å². The number of nitrogens with zero attached hydrogens (tertiary/aromatic N) is 1. The maximum atomic E-state index is 6.89. The largest absolute Gasteiger partial charge is 0.477 e. The molecule has 4 aliphatic rings. The summed E-state index contributed by atoms with van der Waals surface area (Å²) in [5.74, 6) is 1.20. The first-order chi connectivity index (χ1) is 17.4. The van der Waals surface area contributed by atoms with Crippen molar-refractivity contribution in [3.05, 3.63) is 72.6 Å². The highest BCUT2D eigenvalue weighted by Crippen LogP contribution is 2.65. The van der Waals surface area contributed by atoms with Gasteiger partial charge in [0.2, 0.25) is 0 Å². The van der Waals surface area contributed by atoms with Gasteiger partial charge in [-0.25, -0.2) is 0 Å². The second-order valence-corrected chi connectivity index (χ2v) is 12.3. The third-order valence-corrected chi connectivity index (χ3v) is 10.2. The number of pyridine rings is 1. The van der Waals surface area contributed by atoms with Gasteiger partial charge in [0.1, 0.15) is 5.58 Å². The lowest BCUT2D eigenvalue weighted by Gasteiger charge is -2.64. The molecule has 8 rings (SSSR count). The minimum Gasteiger partial charge on any atom is -0.464 e. The Balaban J connectivity index is 1.19. The van der Waals surface area contributed by atoms with Gasteiger partial charge in [-0.2, -0.15) is 0 Å². The number of rotatable bonds is 6. The molecule has 5 atom stereocenters. The van der Waals surface area contributed by atoms with Crippen molar-refractivity contribution >= 4 is 40.9 Å². The standard InChI is InChI=1S/C29H31BN2O3S/c1-28(2)20-15-24(28)29(3)25(16-20)34-30(35-29)26(14-19-17-33-22-11-5-4-10-21(19)22)32-36-23-12-6-8-18-9-7-13-31-27(18)23/h4-13,17,20,24-26,32H,14-16H2,1-3H3/t20-,24?,25+,26?,29-/m0/s1. The van der Waals surface area contributed by atoms with E-state index in [0.717, 1.165) is 51.1 Å². The molecule has 2 aromatic heterocycles. The molecule has 1 aliphatic heterocycles. The molecule has 1 N–H and O–H groups in total. The zero-order chi connectivity index (χ0) is 24.5. The molecule has 7 heteroatoms. The summed E-state index contributed by atoms with van der Waals surface area (Å²) >= 11 is 1.61. The first-order valence-electron chi connectivity index (χ1n) is 13.0. The zero-order valence-electron chi connectivity index (χ0n) is 20.9. The van der Waals surface area contributed by atoms with Gasteiger partial charge in [-0.3, -0.25) is 9.71 Å². The van der Waals surface area contributed by atoms with Crippen molar-refractivity contribution in [2.45, 2.75) is 62.6 Å². The van der Waals surface area contributed by atoms with E-state index in [9.17, 15) is 0 Å². The van der Waals surface area contributed by atoms with Crippen LogP contribution in [0.25, 0.3) is 21.9 Å². The van der Waals surface area contributed by atoms with Gasteiger partial charge < -0.3 is 13.7 Å². The van der Waals surface area contributed by atoms with Crippen molar-refractivity contribution in [2.24, 2.45) is 17.3 Å². The summed E-state index contributed by atoms with van der Waals surface area (Å²) in [5, 5.41) is 2.28. The molecule has 0 radical (unpaired) electrons. The quantitative estimate of drug-likeness (QED) is 0.243. The third-order valence-electron chi connectivity index (χ3n) is 9.21. The van der Waals surface area contributed by atoms with Crippen LogP contribution < -0.4 is 4.72 Å². The van der Waals surface area contributed by atoms with Crippen LogP contribution in [-0.2, 0) is 15.7 Å². The van der Waals surface area contributed by atoms with Gasteiger partial charge in [0.25, 0.3) is 0 Å². The van der Waals surface area contributed by atoms with E-state index in [-0.39, 0.29) is 24.8 Å². The highest BCUT2D eigenvalue weighted by molar-refractivity contribution is 7.97. The molecule has 2 unspecified atom stereocenters. The van der Waals surface area contributed by atoms with Crippen molar-refractivity contribution < 1.29 is 13.7 Å². The van der Waals surface area contributed by atoms with Gasteiger partial charge in [-0.15, -0.1) is 0 Å². The molecule has 3 saturated carbocycles. The van der Waals surface area contributed by atoms with Crippen LogP contribution in [0.5, 0.6) is 0 Å². The van der Waals surface area contributed by atoms with Crippen molar-refractivity contribution in [1.82, 2.24) is 9.71 Å². The van der Waals surface area contributed by atoms with Crippen LogP contribution in [0, 0.1) is 17.3 Å². The summed E-state index contributed by atoms with van der Waals surface area (Å²) in [4.78, 5) is 5.73. The minimum absolute atomic E-state index is 0.0577. The lowest BCUT2D eigenvalue weighted by atomic mass is 9.43. The van der Waals surface area contributed by atoms with Crippen molar-refractivity contribution in [3.63, 3.8) is 0 Å². The van der Waals surface area contributed by atoms with Crippen LogP contribution in [0.3, 0.4) is 0 Å². The number of nitrogens with one attached hydrogen (secondary N) is 1. The maximum absolute atomic E-state index is 6.89. The fraction of sp³-hybridized carbons (Fsp3) is 0.414. The second-order valence-electron chi connectivity index (χ2n) is 11.5. The molecule has 0 amide bonds. The van der Waals surface area contributed by atoms with E-state index >= 15 is 0 Å². The van der Waals surface area contributed by atoms with Crippen LogP contribution in [0.1, 0.15) is 39.2 Å². The van der Waals surface area contributed by atoms with Gasteiger partial charge in [-0.05, 0) is 79.1 Å². The number of para-hydroxylation sites is 2. The zero-order valence-corrected chi connectivity index (χ0v) is 21.8. The Morgan fingerprint density at radius 3 is 2.83 bits per heavy atom.